The van der Waals surface area contributed by atoms with Gasteiger partial charge in [0.15, 0.2) is 11.5 Å². The van der Waals surface area contributed by atoms with Crippen molar-refractivity contribution in [2.75, 3.05) is 26.3 Å². The lowest BCUT2D eigenvalue weighted by Gasteiger charge is -2.20. The first-order valence-corrected chi connectivity index (χ1v) is 14.6. The van der Waals surface area contributed by atoms with Gasteiger partial charge in [0.25, 0.3) is 0 Å². The molecule has 2 heterocycles. The number of carbonyl (C=O) groups excluding carboxylic acids is 1. The van der Waals surface area contributed by atoms with E-state index in [1.165, 1.54) is 13.1 Å². The zero-order chi connectivity index (χ0) is 30.9. The highest BCUT2D eigenvalue weighted by atomic mass is 35.5. The Morgan fingerprint density at radius 2 is 1.80 bits per heavy atom. The number of pyridine rings is 1. The van der Waals surface area contributed by atoms with Crippen molar-refractivity contribution < 1.29 is 23.7 Å². The molecule has 0 saturated heterocycles. The molecular formula is C34H33ClN4O5. The summed E-state index contributed by atoms with van der Waals surface area (Å²) in [6.45, 7) is 6.67. The fraction of sp³-hybridized carbons (Fsp3) is 0.265. The number of benzene rings is 3. The molecule has 9 nitrogen and oxygen atoms in total. The summed E-state index contributed by atoms with van der Waals surface area (Å²) in [5.41, 5.74) is 6.25. The van der Waals surface area contributed by atoms with Crippen LogP contribution in [0.4, 0.5) is 0 Å². The van der Waals surface area contributed by atoms with Crippen LogP contribution in [-0.4, -0.2) is 37.2 Å². The summed E-state index contributed by atoms with van der Waals surface area (Å²) >= 11 is 6.70. The number of rotatable bonds is 12. The Kier molecular flexibility index (Phi) is 10.2. The zero-order valence-electron chi connectivity index (χ0n) is 24.6. The molecule has 0 bridgehead atoms. The minimum Gasteiger partial charge on any atom is -0.488 e. The van der Waals surface area contributed by atoms with Crippen LogP contribution < -0.4 is 29.6 Å². The van der Waals surface area contributed by atoms with Gasteiger partial charge in [0.1, 0.15) is 44.0 Å². The van der Waals surface area contributed by atoms with Crippen molar-refractivity contribution in [3.8, 4) is 40.2 Å². The Morgan fingerprint density at radius 3 is 2.61 bits per heavy atom. The molecule has 10 heteroatoms. The van der Waals surface area contributed by atoms with E-state index in [-0.39, 0.29) is 12.5 Å². The number of fused-ring (bicyclic) bond motifs is 1. The molecule has 3 aromatic carbocycles. The second kappa shape index (κ2) is 14.6. The van der Waals surface area contributed by atoms with Crippen LogP contribution in [0.5, 0.6) is 23.0 Å². The number of hydrogen-bond acceptors (Lipinski definition) is 8. The van der Waals surface area contributed by atoms with Crippen LogP contribution in [0.15, 0.2) is 67.0 Å². The van der Waals surface area contributed by atoms with Crippen molar-refractivity contribution in [2.24, 2.45) is 0 Å². The highest BCUT2D eigenvalue weighted by Gasteiger charge is 2.16. The molecule has 2 N–H and O–H groups in total. The van der Waals surface area contributed by atoms with Gasteiger partial charge >= 0.3 is 0 Å². The molecule has 0 aliphatic carbocycles. The molecule has 44 heavy (non-hydrogen) atoms. The molecule has 5 rings (SSSR count). The number of nitrogens with one attached hydrogen (secondary N) is 2. The standard InChI is InChI=1S/C34H33ClN4O5/c1-22-27(4-3-5-29(22)26-6-7-31-34(14-26)42-11-10-41-31)21-44-33-15-32(43-20-25-12-24(16-36)17-38-18-25)28(13-30(33)35)19-37-8-9-39-23(2)40/h3-7,12-15,17-18,37H,8-11,19-21H2,1-2H3,(H,39,40). The molecule has 226 valence electrons. The molecule has 0 radical (unpaired) electrons. The third-order valence-corrected chi connectivity index (χ3v) is 7.40. The first-order chi connectivity index (χ1) is 21.4. The van der Waals surface area contributed by atoms with Gasteiger partial charge in [-0.05, 0) is 53.4 Å². The second-order valence-corrected chi connectivity index (χ2v) is 10.7. The highest BCUT2D eigenvalue weighted by molar-refractivity contribution is 6.32. The van der Waals surface area contributed by atoms with E-state index in [1.54, 1.807) is 18.3 Å². The number of carbonyl (C=O) groups is 1. The fourth-order valence-electron chi connectivity index (χ4n) is 4.82. The molecule has 1 amide bonds. The van der Waals surface area contributed by atoms with Gasteiger partial charge < -0.3 is 29.6 Å². The largest absolute Gasteiger partial charge is 0.488 e. The average molecular weight is 613 g/mol. The summed E-state index contributed by atoms with van der Waals surface area (Å²) in [5.74, 6) is 2.48. The van der Waals surface area contributed by atoms with Gasteiger partial charge in [-0.15, -0.1) is 0 Å². The van der Waals surface area contributed by atoms with Crippen molar-refractivity contribution >= 4 is 17.5 Å². The molecule has 0 saturated carbocycles. The predicted molar refractivity (Wildman–Crippen MR) is 167 cm³/mol. The van der Waals surface area contributed by atoms with Gasteiger partial charge in [0.2, 0.25) is 5.91 Å². The molecule has 4 aromatic rings. The summed E-state index contributed by atoms with van der Waals surface area (Å²) < 4.78 is 23.9. The number of halogens is 1. The summed E-state index contributed by atoms with van der Waals surface area (Å²) in [4.78, 5) is 15.3. The molecule has 0 unspecified atom stereocenters. The Bertz CT molecular complexity index is 1690. The summed E-state index contributed by atoms with van der Waals surface area (Å²) in [6, 6.07) is 19.5. The van der Waals surface area contributed by atoms with Crippen molar-refractivity contribution in [1.29, 1.82) is 5.26 Å². The molecule has 1 aromatic heterocycles. The summed E-state index contributed by atoms with van der Waals surface area (Å²) in [5, 5.41) is 15.7. The van der Waals surface area contributed by atoms with Gasteiger partial charge in [-0.3, -0.25) is 9.78 Å². The maximum Gasteiger partial charge on any atom is 0.216 e. The van der Waals surface area contributed by atoms with Crippen LogP contribution in [0.25, 0.3) is 11.1 Å². The zero-order valence-corrected chi connectivity index (χ0v) is 25.4. The van der Waals surface area contributed by atoms with Crippen molar-refractivity contribution in [1.82, 2.24) is 15.6 Å². The highest BCUT2D eigenvalue weighted by Crippen LogP contribution is 2.37. The van der Waals surface area contributed by atoms with Gasteiger partial charge in [0.05, 0.1) is 10.6 Å². The number of nitrogens with zero attached hydrogens (tertiary/aromatic N) is 2. The van der Waals surface area contributed by atoms with Crippen LogP contribution >= 0.6 is 11.6 Å². The van der Waals surface area contributed by atoms with Crippen LogP contribution in [0, 0.1) is 18.3 Å². The van der Waals surface area contributed by atoms with E-state index in [9.17, 15) is 10.1 Å². The number of aromatic nitrogens is 1. The van der Waals surface area contributed by atoms with Gasteiger partial charge in [-0.25, -0.2) is 0 Å². The third kappa shape index (κ3) is 7.78. The van der Waals surface area contributed by atoms with E-state index in [0.717, 1.165) is 44.9 Å². The Hall–Kier alpha value is -4.78. The molecule has 1 aliphatic heterocycles. The van der Waals surface area contributed by atoms with Crippen molar-refractivity contribution in [3.63, 3.8) is 0 Å². The maximum atomic E-state index is 11.2. The second-order valence-electron chi connectivity index (χ2n) is 10.3. The third-order valence-electron chi connectivity index (χ3n) is 7.11. The van der Waals surface area contributed by atoms with Crippen LogP contribution in [-0.2, 0) is 24.6 Å². The van der Waals surface area contributed by atoms with E-state index in [4.69, 9.17) is 30.5 Å². The summed E-state index contributed by atoms with van der Waals surface area (Å²) in [7, 11) is 0. The van der Waals surface area contributed by atoms with E-state index < -0.39 is 0 Å². The number of amides is 1. The molecule has 0 fully saturated rings. The normalized spacial score (nSPS) is 11.9. The smallest absolute Gasteiger partial charge is 0.216 e. The number of nitriles is 1. The van der Waals surface area contributed by atoms with Gasteiger partial charge in [-0.2, -0.15) is 5.26 Å². The summed E-state index contributed by atoms with van der Waals surface area (Å²) in [6.07, 6.45) is 3.17. The minimum atomic E-state index is -0.0827. The molecule has 0 atom stereocenters. The average Bonchev–Trinajstić information content (AvgIpc) is 3.04. The lowest BCUT2D eigenvalue weighted by atomic mass is 9.96. The lowest BCUT2D eigenvalue weighted by molar-refractivity contribution is -0.118. The topological polar surface area (TPSA) is 115 Å². The molecule has 1 aliphatic rings. The van der Waals surface area contributed by atoms with E-state index in [1.807, 2.05) is 36.4 Å². The van der Waals surface area contributed by atoms with Gasteiger partial charge in [0, 0.05) is 56.1 Å². The Morgan fingerprint density at radius 1 is 0.977 bits per heavy atom. The monoisotopic (exact) mass is 612 g/mol. The van der Waals surface area contributed by atoms with Crippen molar-refractivity contribution in [2.45, 2.75) is 33.6 Å². The Balaban J connectivity index is 1.33. The maximum absolute atomic E-state index is 11.2. The van der Waals surface area contributed by atoms with Crippen LogP contribution in [0.1, 0.15) is 34.7 Å². The molecular weight excluding hydrogens is 580 g/mol. The van der Waals surface area contributed by atoms with E-state index >= 15 is 0 Å². The SMILES string of the molecule is CC(=O)NCCNCc1cc(Cl)c(OCc2cccc(-c3ccc4c(c3)OCCO4)c2C)cc1OCc1cncc(C#N)c1. The van der Waals surface area contributed by atoms with Crippen LogP contribution in [0.3, 0.4) is 0 Å². The quantitative estimate of drug-likeness (QED) is 0.195. The van der Waals surface area contributed by atoms with Gasteiger partial charge in [-0.1, -0.05) is 35.9 Å². The first kappa shape index (κ1) is 30.7. The predicted octanol–water partition coefficient (Wildman–Crippen LogP) is 5.74. The molecule has 0 spiro atoms. The first-order valence-electron chi connectivity index (χ1n) is 14.3. The van der Waals surface area contributed by atoms with E-state index in [2.05, 4.69) is 34.7 Å². The minimum absolute atomic E-state index is 0.0827. The lowest BCUT2D eigenvalue weighted by Crippen LogP contribution is -2.30. The van der Waals surface area contributed by atoms with E-state index in [0.29, 0.717) is 61.5 Å². The van der Waals surface area contributed by atoms with Crippen molar-refractivity contribution in [3.05, 3.63) is 99.8 Å². The fourth-order valence-corrected chi connectivity index (χ4v) is 5.06. The Labute approximate surface area is 261 Å². The number of ether oxygens (including phenoxy) is 4. The van der Waals surface area contributed by atoms with Crippen LogP contribution in [0.2, 0.25) is 5.02 Å². The number of hydrogen-bond donors (Lipinski definition) is 2.